The van der Waals surface area contributed by atoms with E-state index < -0.39 is 12.9 Å². The van der Waals surface area contributed by atoms with Crippen molar-refractivity contribution in [2.24, 2.45) is 0 Å². The first-order valence-electron chi connectivity index (χ1n) is 14.9. The molecule has 0 bridgehead atoms. The molecule has 36 heavy (non-hydrogen) atoms. The normalized spacial score (nSPS) is 14.8. The van der Waals surface area contributed by atoms with E-state index in [2.05, 4.69) is 31.2 Å². The van der Waals surface area contributed by atoms with Crippen LogP contribution in [0.25, 0.3) is 0 Å². The van der Waals surface area contributed by atoms with Gasteiger partial charge in [0.15, 0.2) is 0 Å². The van der Waals surface area contributed by atoms with Crippen LogP contribution < -0.4 is 0 Å². The van der Waals surface area contributed by atoms with Crippen LogP contribution in [0.3, 0.4) is 0 Å². The van der Waals surface area contributed by atoms with Crippen molar-refractivity contribution < 1.29 is 23.9 Å². The molecule has 0 saturated carbocycles. The Hall–Kier alpha value is -0.450. The summed E-state index contributed by atoms with van der Waals surface area (Å²) in [4.78, 5) is 19.2. The molecular formula is C30H61NO4P+. The monoisotopic (exact) mass is 530 g/mol. The van der Waals surface area contributed by atoms with Gasteiger partial charge in [0.05, 0.1) is 21.1 Å². The number of hydrogen-bond donors (Lipinski definition) is 3. The first-order chi connectivity index (χ1) is 17.0. The van der Waals surface area contributed by atoms with E-state index in [4.69, 9.17) is 0 Å². The lowest BCUT2D eigenvalue weighted by molar-refractivity contribution is -0.875. The molecule has 0 radical (unpaired) electrons. The van der Waals surface area contributed by atoms with Gasteiger partial charge in [0.25, 0.3) is 0 Å². The van der Waals surface area contributed by atoms with Crippen LogP contribution in [0.15, 0.2) is 24.3 Å². The Balaban J connectivity index is 3.52. The topological polar surface area (TPSA) is 77.8 Å². The first kappa shape index (κ1) is 35.5. The van der Waals surface area contributed by atoms with Crippen LogP contribution in [0.4, 0.5) is 0 Å². The zero-order chi connectivity index (χ0) is 27.2. The minimum absolute atomic E-state index is 0.0599. The van der Waals surface area contributed by atoms with Gasteiger partial charge in [-0.05, 0) is 57.8 Å². The number of rotatable bonds is 25. The Labute approximate surface area is 224 Å². The molecule has 0 fully saturated rings. The van der Waals surface area contributed by atoms with E-state index in [0.717, 1.165) is 12.8 Å². The molecule has 0 aliphatic heterocycles. The second-order valence-corrected chi connectivity index (χ2v) is 13.7. The Morgan fingerprint density at radius 1 is 0.611 bits per heavy atom. The third-order valence-electron chi connectivity index (χ3n) is 6.77. The summed E-state index contributed by atoms with van der Waals surface area (Å²) in [5, 5.41) is 8.66. The maximum absolute atomic E-state index is 11.8. The van der Waals surface area contributed by atoms with Crippen molar-refractivity contribution in [2.75, 3.05) is 27.7 Å². The highest BCUT2D eigenvalue weighted by molar-refractivity contribution is 7.53. The van der Waals surface area contributed by atoms with Crippen molar-refractivity contribution in [3.63, 3.8) is 0 Å². The lowest BCUT2D eigenvalue weighted by Crippen LogP contribution is -2.49. The molecule has 0 heterocycles. The van der Waals surface area contributed by atoms with Crippen LogP contribution >= 0.6 is 7.60 Å². The van der Waals surface area contributed by atoms with E-state index in [0.29, 0.717) is 10.9 Å². The zero-order valence-corrected chi connectivity index (χ0v) is 25.2. The SMILES string of the molecule is CCCC/C=C\CCCCC/C=C\CCCCCCCCCCCCC(O)(C[N+](C)(C)C)P(=O)(O)O. The van der Waals surface area contributed by atoms with Gasteiger partial charge in [-0.3, -0.25) is 4.57 Å². The van der Waals surface area contributed by atoms with E-state index in [9.17, 15) is 19.5 Å². The van der Waals surface area contributed by atoms with Crippen molar-refractivity contribution in [1.29, 1.82) is 0 Å². The fraction of sp³-hybridized carbons (Fsp3) is 0.867. The highest BCUT2D eigenvalue weighted by Gasteiger charge is 2.48. The third-order valence-corrected chi connectivity index (χ3v) is 8.22. The highest BCUT2D eigenvalue weighted by atomic mass is 31.2. The number of quaternary nitrogens is 1. The maximum Gasteiger partial charge on any atom is 0.362 e. The average molecular weight is 531 g/mol. The molecule has 0 saturated heterocycles. The molecule has 0 aromatic rings. The predicted molar refractivity (Wildman–Crippen MR) is 156 cm³/mol. The second-order valence-electron chi connectivity index (χ2n) is 11.8. The van der Waals surface area contributed by atoms with Crippen LogP contribution in [0.2, 0.25) is 0 Å². The Bertz CT molecular complexity index is 609. The van der Waals surface area contributed by atoms with Gasteiger partial charge in [0, 0.05) is 0 Å². The summed E-state index contributed by atoms with van der Waals surface area (Å²) >= 11 is 0. The zero-order valence-electron chi connectivity index (χ0n) is 24.3. The maximum atomic E-state index is 11.8. The number of hydrogen-bond acceptors (Lipinski definition) is 2. The van der Waals surface area contributed by atoms with E-state index in [-0.39, 0.29) is 13.0 Å². The van der Waals surface area contributed by atoms with Crippen LogP contribution in [-0.4, -0.2) is 52.4 Å². The predicted octanol–water partition coefficient (Wildman–Crippen LogP) is 8.49. The molecule has 1 atom stereocenters. The summed E-state index contributed by atoms with van der Waals surface area (Å²) in [7, 11) is 0.979. The van der Waals surface area contributed by atoms with Crippen molar-refractivity contribution in [3.05, 3.63) is 24.3 Å². The molecule has 6 heteroatoms. The van der Waals surface area contributed by atoms with Crippen molar-refractivity contribution in [1.82, 2.24) is 0 Å². The minimum atomic E-state index is -4.55. The van der Waals surface area contributed by atoms with Gasteiger partial charge in [0.2, 0.25) is 5.34 Å². The quantitative estimate of drug-likeness (QED) is 0.0478. The molecule has 0 aromatic heterocycles. The molecule has 3 N–H and O–H groups in total. The third kappa shape index (κ3) is 21.6. The van der Waals surface area contributed by atoms with E-state index >= 15 is 0 Å². The van der Waals surface area contributed by atoms with E-state index in [1.807, 2.05) is 21.1 Å². The van der Waals surface area contributed by atoms with Gasteiger partial charge in [0.1, 0.15) is 6.54 Å². The fourth-order valence-electron chi connectivity index (χ4n) is 4.66. The average Bonchev–Trinajstić information content (AvgIpc) is 2.77. The number of likely N-dealkylation sites (N-methyl/N-ethyl adjacent to an activating group) is 1. The van der Waals surface area contributed by atoms with Crippen molar-refractivity contribution in [3.8, 4) is 0 Å². The molecule has 5 nitrogen and oxygen atoms in total. The number of unbranched alkanes of at least 4 members (excludes halogenated alkanes) is 16. The van der Waals surface area contributed by atoms with Gasteiger partial charge in [-0.25, -0.2) is 0 Å². The molecule has 1 unspecified atom stereocenters. The molecule has 0 aliphatic rings. The van der Waals surface area contributed by atoms with Gasteiger partial charge < -0.3 is 19.4 Å². The molecule has 0 amide bonds. The van der Waals surface area contributed by atoms with Crippen LogP contribution in [-0.2, 0) is 4.57 Å². The summed E-state index contributed by atoms with van der Waals surface area (Å²) in [5.41, 5.74) is 0. The smallest absolute Gasteiger partial charge is 0.362 e. The van der Waals surface area contributed by atoms with Crippen molar-refractivity contribution >= 4 is 7.60 Å². The standard InChI is InChI=1S/C30H60NO4P/c1-5-6-7-8-9-10-11-12-13-14-15-16-17-18-19-20-21-22-23-24-25-26-27-28-30(32,36(33,34)35)29-31(2,3)4/h8-9,15-16,32H,5-7,10-14,17-29H2,1-4H3,(H-,33,34,35)/p+1/b9-8-,16-15-. The number of nitrogens with zero attached hydrogens (tertiary/aromatic N) is 1. The summed E-state index contributed by atoms with van der Waals surface area (Å²) in [6.45, 7) is 2.30. The fourth-order valence-corrected chi connectivity index (χ4v) is 5.71. The lowest BCUT2D eigenvalue weighted by Gasteiger charge is -2.35. The highest BCUT2D eigenvalue weighted by Crippen LogP contribution is 2.52. The summed E-state index contributed by atoms with van der Waals surface area (Å²) in [5.74, 6) is 0. The Morgan fingerprint density at radius 2 is 0.944 bits per heavy atom. The van der Waals surface area contributed by atoms with Crippen molar-refractivity contribution in [2.45, 2.75) is 141 Å². The Morgan fingerprint density at radius 3 is 1.31 bits per heavy atom. The summed E-state index contributed by atoms with van der Waals surface area (Å²) < 4.78 is 12.1. The second kappa shape index (κ2) is 21.5. The summed E-state index contributed by atoms with van der Waals surface area (Å²) in [6, 6.07) is 0. The van der Waals surface area contributed by atoms with E-state index in [1.54, 1.807) is 0 Å². The largest absolute Gasteiger partial charge is 0.373 e. The molecule has 214 valence electrons. The van der Waals surface area contributed by atoms with Crippen LogP contribution in [0, 0.1) is 0 Å². The van der Waals surface area contributed by atoms with Crippen LogP contribution in [0.5, 0.6) is 0 Å². The Kier molecular flexibility index (Phi) is 21.2. The van der Waals surface area contributed by atoms with E-state index in [1.165, 1.54) is 103 Å². The van der Waals surface area contributed by atoms with Gasteiger partial charge in [-0.1, -0.05) is 102 Å². The molecule has 0 aliphatic carbocycles. The molecule has 0 aromatic carbocycles. The lowest BCUT2D eigenvalue weighted by atomic mass is 10.0. The van der Waals surface area contributed by atoms with Gasteiger partial charge in [-0.2, -0.15) is 0 Å². The minimum Gasteiger partial charge on any atom is -0.373 e. The summed E-state index contributed by atoms with van der Waals surface area (Å²) in [6.07, 6.45) is 32.7. The molecule has 0 spiro atoms. The molecular weight excluding hydrogens is 469 g/mol. The number of aliphatic hydroxyl groups is 1. The first-order valence-corrected chi connectivity index (χ1v) is 16.5. The van der Waals surface area contributed by atoms with Gasteiger partial charge in [-0.15, -0.1) is 0 Å². The van der Waals surface area contributed by atoms with Gasteiger partial charge >= 0.3 is 7.60 Å². The number of allylic oxidation sites excluding steroid dienone is 4. The van der Waals surface area contributed by atoms with Crippen LogP contribution in [0.1, 0.15) is 135 Å². The molecule has 0 rings (SSSR count).